The third-order valence-electron chi connectivity index (χ3n) is 4.82. The summed E-state index contributed by atoms with van der Waals surface area (Å²) in [6.07, 6.45) is 1.51. The highest BCUT2D eigenvalue weighted by atomic mass is 32.1. The van der Waals surface area contributed by atoms with Gasteiger partial charge in [-0.05, 0) is 64.8 Å². The summed E-state index contributed by atoms with van der Waals surface area (Å²) in [5, 5.41) is 3.10. The Kier molecular flexibility index (Phi) is 7.54. The van der Waals surface area contributed by atoms with E-state index >= 15 is 0 Å². The van der Waals surface area contributed by atoms with E-state index in [2.05, 4.69) is 0 Å². The highest BCUT2D eigenvalue weighted by Crippen LogP contribution is 2.31. The molecular formula is C23H30N2O5S. The van der Waals surface area contributed by atoms with Crippen molar-refractivity contribution in [1.29, 1.82) is 0 Å². The summed E-state index contributed by atoms with van der Waals surface area (Å²) in [5.41, 5.74) is 0.906. The topological polar surface area (TPSA) is 78.0 Å². The molecule has 1 saturated heterocycles. The second kappa shape index (κ2) is 10.1. The maximum atomic E-state index is 12.2. The van der Waals surface area contributed by atoms with Gasteiger partial charge in [0.25, 0.3) is 0 Å². The molecule has 2 heterocycles. The second-order valence-electron chi connectivity index (χ2n) is 8.45. The Hall–Kier alpha value is -2.61. The highest BCUT2D eigenvalue weighted by molar-refractivity contribution is 7.09. The number of amides is 1. The maximum Gasteiger partial charge on any atom is 0.410 e. The smallest absolute Gasteiger partial charge is 0.410 e. The minimum Gasteiger partial charge on any atom is -0.487 e. The average Bonchev–Trinajstić information content (AvgIpc) is 3.21. The Bertz CT molecular complexity index is 880. The number of likely N-dealkylation sites (tertiary alicyclic amines) is 1. The maximum absolute atomic E-state index is 12.2. The van der Waals surface area contributed by atoms with E-state index in [1.807, 2.05) is 26.2 Å². The van der Waals surface area contributed by atoms with Gasteiger partial charge in [0.15, 0.2) is 0 Å². The molecule has 0 N–H and O–H groups in total. The number of thiazole rings is 1. The van der Waals surface area contributed by atoms with Crippen LogP contribution in [0.5, 0.6) is 5.75 Å². The minimum absolute atomic E-state index is 0.242. The lowest BCUT2D eigenvalue weighted by Gasteiger charge is -2.32. The number of hydrogen-bond donors (Lipinski definition) is 0. The van der Waals surface area contributed by atoms with Gasteiger partial charge in [0.1, 0.15) is 18.0 Å². The van der Waals surface area contributed by atoms with Crippen LogP contribution in [-0.2, 0) is 16.1 Å². The Labute approximate surface area is 187 Å². The molecule has 31 heavy (non-hydrogen) atoms. The first-order valence-electron chi connectivity index (χ1n) is 10.6. The quantitative estimate of drug-likeness (QED) is 0.580. The molecule has 2 aromatic rings. The van der Waals surface area contributed by atoms with Gasteiger partial charge in [-0.2, -0.15) is 0 Å². The first kappa shape index (κ1) is 23.1. The number of benzene rings is 1. The van der Waals surface area contributed by atoms with Crippen molar-refractivity contribution in [2.75, 3.05) is 19.7 Å². The van der Waals surface area contributed by atoms with Crippen LogP contribution in [0.1, 0.15) is 67.5 Å². The molecule has 7 nitrogen and oxygen atoms in total. The molecule has 1 fully saturated rings. The third-order valence-corrected chi connectivity index (χ3v) is 5.87. The van der Waals surface area contributed by atoms with Gasteiger partial charge < -0.3 is 19.1 Å². The third kappa shape index (κ3) is 6.69. The number of piperidine rings is 1. The van der Waals surface area contributed by atoms with Crippen molar-refractivity contribution in [3.63, 3.8) is 0 Å². The molecule has 0 bridgehead atoms. The number of ether oxygens (including phenoxy) is 3. The van der Waals surface area contributed by atoms with Crippen LogP contribution >= 0.6 is 11.3 Å². The normalized spacial score (nSPS) is 14.9. The van der Waals surface area contributed by atoms with E-state index in [-0.39, 0.29) is 12.1 Å². The second-order valence-corrected chi connectivity index (χ2v) is 9.34. The van der Waals surface area contributed by atoms with Gasteiger partial charge >= 0.3 is 12.1 Å². The van der Waals surface area contributed by atoms with Crippen molar-refractivity contribution in [2.45, 2.75) is 58.7 Å². The standard InChI is InChI=1S/C23H30N2O5S/c1-5-28-21(26)17-6-8-19(9-7-17)29-14-18-15-31-20(24-18)16-10-12-25(13-11-16)22(27)30-23(2,3)4/h6-9,15-16H,5,10-14H2,1-4H3. The number of aromatic nitrogens is 1. The van der Waals surface area contributed by atoms with Crippen molar-refractivity contribution in [3.05, 3.63) is 45.9 Å². The monoisotopic (exact) mass is 446 g/mol. The average molecular weight is 447 g/mol. The summed E-state index contributed by atoms with van der Waals surface area (Å²) in [6.45, 7) is 9.50. The molecule has 1 aromatic carbocycles. The zero-order valence-corrected chi connectivity index (χ0v) is 19.4. The van der Waals surface area contributed by atoms with Crippen molar-refractivity contribution in [3.8, 4) is 5.75 Å². The van der Waals surface area contributed by atoms with Gasteiger partial charge in [-0.25, -0.2) is 14.6 Å². The van der Waals surface area contributed by atoms with E-state index in [9.17, 15) is 9.59 Å². The van der Waals surface area contributed by atoms with Crippen molar-refractivity contribution in [2.24, 2.45) is 0 Å². The van der Waals surface area contributed by atoms with Crippen LogP contribution < -0.4 is 4.74 Å². The largest absolute Gasteiger partial charge is 0.487 e. The fourth-order valence-corrected chi connectivity index (χ4v) is 4.25. The van der Waals surface area contributed by atoms with Crippen LogP contribution in [-0.4, -0.2) is 47.2 Å². The predicted molar refractivity (Wildman–Crippen MR) is 119 cm³/mol. The zero-order valence-electron chi connectivity index (χ0n) is 18.6. The molecule has 0 spiro atoms. The van der Waals surface area contributed by atoms with Gasteiger partial charge in [-0.1, -0.05) is 0 Å². The fraction of sp³-hybridized carbons (Fsp3) is 0.522. The van der Waals surface area contributed by atoms with Crippen LogP contribution in [0.25, 0.3) is 0 Å². The van der Waals surface area contributed by atoms with E-state index in [0.29, 0.717) is 43.5 Å². The molecule has 1 aliphatic heterocycles. The van der Waals surface area contributed by atoms with Gasteiger partial charge in [0, 0.05) is 24.4 Å². The zero-order chi connectivity index (χ0) is 22.4. The molecule has 1 aromatic heterocycles. The summed E-state index contributed by atoms with van der Waals surface area (Å²) in [6, 6.07) is 6.90. The SMILES string of the molecule is CCOC(=O)c1ccc(OCc2csc(C3CCN(C(=O)OC(C)(C)C)CC3)n2)cc1. The summed E-state index contributed by atoms with van der Waals surface area (Å²) < 4.78 is 16.2. The fourth-order valence-electron chi connectivity index (χ4n) is 3.27. The molecular weight excluding hydrogens is 416 g/mol. The van der Waals surface area contributed by atoms with E-state index in [4.69, 9.17) is 19.2 Å². The molecule has 0 unspecified atom stereocenters. The molecule has 0 saturated carbocycles. The predicted octanol–water partition coefficient (Wildman–Crippen LogP) is 5.01. The lowest BCUT2D eigenvalue weighted by Crippen LogP contribution is -2.41. The molecule has 168 valence electrons. The van der Waals surface area contributed by atoms with Gasteiger partial charge in [0.2, 0.25) is 0 Å². The number of esters is 1. The van der Waals surface area contributed by atoms with E-state index in [1.54, 1.807) is 47.4 Å². The number of hydrogen-bond acceptors (Lipinski definition) is 7. The van der Waals surface area contributed by atoms with E-state index < -0.39 is 5.60 Å². The molecule has 1 amide bonds. The van der Waals surface area contributed by atoms with Crippen molar-refractivity contribution >= 4 is 23.4 Å². The summed E-state index contributed by atoms with van der Waals surface area (Å²) in [4.78, 5) is 30.4. The number of carbonyl (C=O) groups excluding carboxylic acids is 2. The van der Waals surface area contributed by atoms with Crippen LogP contribution in [0.2, 0.25) is 0 Å². The first-order valence-corrected chi connectivity index (χ1v) is 11.5. The Morgan fingerprint density at radius 1 is 1.16 bits per heavy atom. The lowest BCUT2D eigenvalue weighted by atomic mass is 9.98. The lowest BCUT2D eigenvalue weighted by molar-refractivity contribution is 0.0204. The minimum atomic E-state index is -0.475. The van der Waals surface area contributed by atoms with E-state index in [0.717, 1.165) is 23.5 Å². The van der Waals surface area contributed by atoms with Crippen LogP contribution in [0.4, 0.5) is 4.79 Å². The number of carbonyl (C=O) groups is 2. The molecule has 1 aliphatic rings. The molecule has 0 atom stereocenters. The Morgan fingerprint density at radius 3 is 2.45 bits per heavy atom. The summed E-state index contributed by atoms with van der Waals surface area (Å²) in [5.74, 6) is 0.686. The summed E-state index contributed by atoms with van der Waals surface area (Å²) in [7, 11) is 0. The Morgan fingerprint density at radius 2 is 1.84 bits per heavy atom. The van der Waals surface area contributed by atoms with Crippen LogP contribution in [0.3, 0.4) is 0 Å². The van der Waals surface area contributed by atoms with Crippen LogP contribution in [0.15, 0.2) is 29.6 Å². The summed E-state index contributed by atoms with van der Waals surface area (Å²) >= 11 is 1.64. The molecule has 0 radical (unpaired) electrons. The Balaban J connectivity index is 1.48. The number of nitrogens with zero attached hydrogens (tertiary/aromatic N) is 2. The first-order chi connectivity index (χ1) is 14.7. The molecule has 0 aliphatic carbocycles. The van der Waals surface area contributed by atoms with Gasteiger partial charge in [-0.3, -0.25) is 0 Å². The highest BCUT2D eigenvalue weighted by Gasteiger charge is 2.28. The van der Waals surface area contributed by atoms with Crippen LogP contribution in [0, 0.1) is 0 Å². The van der Waals surface area contributed by atoms with Gasteiger partial charge in [-0.15, -0.1) is 11.3 Å². The van der Waals surface area contributed by atoms with Gasteiger partial charge in [0.05, 0.1) is 22.9 Å². The molecule has 8 heteroatoms. The van der Waals surface area contributed by atoms with E-state index in [1.165, 1.54) is 0 Å². The number of rotatable bonds is 6. The molecule has 3 rings (SSSR count). The van der Waals surface area contributed by atoms with Crippen molar-refractivity contribution in [1.82, 2.24) is 9.88 Å². The van der Waals surface area contributed by atoms with Crippen molar-refractivity contribution < 1.29 is 23.8 Å².